The van der Waals surface area contributed by atoms with Crippen LogP contribution in [0.1, 0.15) is 18.2 Å². The fourth-order valence-electron chi connectivity index (χ4n) is 2.67. The highest BCUT2D eigenvalue weighted by Crippen LogP contribution is 2.13. The van der Waals surface area contributed by atoms with Crippen molar-refractivity contribution in [3.05, 3.63) is 59.9 Å². The molecule has 1 heterocycles. The Labute approximate surface area is 173 Å². The molecule has 0 fully saturated rings. The van der Waals surface area contributed by atoms with Gasteiger partial charge < -0.3 is 20.3 Å². The molecular weight excluding hydrogens is 366 g/mol. The molecule has 1 unspecified atom stereocenters. The second kappa shape index (κ2) is 11.7. The third-order valence-electron chi connectivity index (χ3n) is 4.37. The largest absolute Gasteiger partial charge is 0.489 e. The van der Waals surface area contributed by atoms with Gasteiger partial charge in [0.15, 0.2) is 5.96 Å². The maximum atomic E-state index is 12.3. The molecule has 0 aliphatic heterocycles. The molecule has 0 radical (unpaired) electrons. The van der Waals surface area contributed by atoms with Crippen LogP contribution in [0.15, 0.2) is 53.7 Å². The summed E-state index contributed by atoms with van der Waals surface area (Å²) in [5.74, 6) is 1.40. The van der Waals surface area contributed by atoms with Gasteiger partial charge in [-0.25, -0.2) is 0 Å². The summed E-state index contributed by atoms with van der Waals surface area (Å²) < 4.78 is 5.90. The van der Waals surface area contributed by atoms with Crippen LogP contribution in [0.2, 0.25) is 0 Å². The number of aliphatic imine (C=N–C) groups is 1. The lowest BCUT2D eigenvalue weighted by Gasteiger charge is -2.20. The molecule has 0 saturated carbocycles. The number of nitrogens with zero attached hydrogens (tertiary/aromatic N) is 3. The fraction of sp³-hybridized carbons (Fsp3) is 0.409. The molecule has 156 valence electrons. The number of guanidine groups is 1. The van der Waals surface area contributed by atoms with E-state index in [-0.39, 0.29) is 18.6 Å². The van der Waals surface area contributed by atoms with Crippen LogP contribution in [0.4, 0.5) is 0 Å². The summed E-state index contributed by atoms with van der Waals surface area (Å²) in [6.45, 7) is 5.37. The summed E-state index contributed by atoms with van der Waals surface area (Å²) in [5.41, 5.74) is 2.13. The van der Waals surface area contributed by atoms with E-state index in [4.69, 9.17) is 4.74 Å². The molecule has 0 saturated heterocycles. The van der Waals surface area contributed by atoms with Gasteiger partial charge in [0, 0.05) is 39.0 Å². The first-order valence-electron chi connectivity index (χ1n) is 9.79. The number of amides is 1. The molecule has 0 spiro atoms. The summed E-state index contributed by atoms with van der Waals surface area (Å²) in [5, 5.41) is 6.24. The molecule has 2 rings (SSSR count). The van der Waals surface area contributed by atoms with Gasteiger partial charge in [0.1, 0.15) is 11.9 Å². The number of carbonyl (C=O) groups excluding carboxylic acids is 1. The monoisotopic (exact) mass is 397 g/mol. The van der Waals surface area contributed by atoms with E-state index in [0.29, 0.717) is 19.0 Å². The maximum Gasteiger partial charge on any atom is 0.241 e. The number of benzene rings is 1. The summed E-state index contributed by atoms with van der Waals surface area (Å²) in [6, 6.07) is 13.7. The number of hydrogen-bond donors (Lipinski definition) is 2. The Morgan fingerprint density at radius 2 is 2.07 bits per heavy atom. The number of likely N-dealkylation sites (N-methyl/N-ethyl adjacent to an activating group) is 1. The number of rotatable bonds is 9. The molecule has 7 nitrogen and oxygen atoms in total. The van der Waals surface area contributed by atoms with Crippen LogP contribution in [0.25, 0.3) is 0 Å². The van der Waals surface area contributed by atoms with Crippen LogP contribution in [0, 0.1) is 6.92 Å². The van der Waals surface area contributed by atoms with Crippen molar-refractivity contribution in [3.63, 3.8) is 0 Å². The smallest absolute Gasteiger partial charge is 0.241 e. The van der Waals surface area contributed by atoms with E-state index in [9.17, 15) is 4.79 Å². The molecule has 0 bridgehead atoms. The zero-order valence-electron chi connectivity index (χ0n) is 17.7. The van der Waals surface area contributed by atoms with Crippen molar-refractivity contribution in [2.75, 3.05) is 33.7 Å². The van der Waals surface area contributed by atoms with Crippen LogP contribution in [-0.2, 0) is 11.2 Å². The number of nitrogens with one attached hydrogen (secondary N) is 2. The average Bonchev–Trinajstić information content (AvgIpc) is 2.72. The Balaban J connectivity index is 1.70. The minimum absolute atomic E-state index is 0.00654. The summed E-state index contributed by atoms with van der Waals surface area (Å²) in [7, 11) is 3.47. The lowest BCUT2D eigenvalue weighted by atomic mass is 10.2. The van der Waals surface area contributed by atoms with Gasteiger partial charge in [0.25, 0.3) is 0 Å². The fourth-order valence-corrected chi connectivity index (χ4v) is 2.67. The van der Waals surface area contributed by atoms with Crippen molar-refractivity contribution in [2.24, 2.45) is 4.99 Å². The van der Waals surface area contributed by atoms with Gasteiger partial charge in [-0.1, -0.05) is 18.2 Å². The van der Waals surface area contributed by atoms with Crippen molar-refractivity contribution in [2.45, 2.75) is 26.4 Å². The third-order valence-corrected chi connectivity index (χ3v) is 4.37. The van der Waals surface area contributed by atoms with Gasteiger partial charge in [-0.15, -0.1) is 0 Å². The Bertz CT molecular complexity index is 795. The van der Waals surface area contributed by atoms with Crippen molar-refractivity contribution < 1.29 is 9.53 Å². The Hall–Kier alpha value is -3.09. The number of hydrogen-bond acceptors (Lipinski definition) is 4. The average molecular weight is 398 g/mol. The molecule has 2 N–H and O–H groups in total. The number of aryl methyl sites for hydroxylation is 1. The topological polar surface area (TPSA) is 78.9 Å². The number of ether oxygens (including phenoxy) is 1. The normalized spacial score (nSPS) is 12.2. The quantitative estimate of drug-likeness (QED) is 0.500. The van der Waals surface area contributed by atoms with E-state index in [0.717, 1.165) is 23.4 Å². The van der Waals surface area contributed by atoms with E-state index in [1.165, 1.54) is 0 Å². The van der Waals surface area contributed by atoms with E-state index < -0.39 is 0 Å². The number of aromatic nitrogens is 1. The maximum absolute atomic E-state index is 12.3. The molecule has 0 aliphatic carbocycles. The Kier molecular flexibility index (Phi) is 8.95. The van der Waals surface area contributed by atoms with E-state index in [1.54, 1.807) is 25.2 Å². The molecule has 1 aromatic heterocycles. The second-order valence-corrected chi connectivity index (χ2v) is 6.94. The highest BCUT2D eigenvalue weighted by atomic mass is 16.5. The molecular formula is C22H31N5O2. The Morgan fingerprint density at radius 1 is 1.24 bits per heavy atom. The predicted octanol–water partition coefficient (Wildman–Crippen LogP) is 2.02. The minimum atomic E-state index is -0.0490. The molecule has 0 aliphatic rings. The lowest BCUT2D eigenvalue weighted by molar-refractivity contribution is -0.128. The zero-order valence-corrected chi connectivity index (χ0v) is 17.7. The van der Waals surface area contributed by atoms with Crippen molar-refractivity contribution >= 4 is 11.9 Å². The standard InChI is InChI=1S/C22H31N5O2/c1-17-8-7-10-20(14-17)29-18(2)15-25-22(23-3)26-16-21(28)27(4)13-11-19-9-5-6-12-24-19/h5-10,12,14,18H,11,13,15-16H2,1-4H3,(H2,23,25,26). The molecule has 7 heteroatoms. The SMILES string of the molecule is CN=C(NCC(=O)N(C)CCc1ccccn1)NCC(C)Oc1cccc(C)c1. The van der Waals surface area contributed by atoms with Crippen LogP contribution < -0.4 is 15.4 Å². The lowest BCUT2D eigenvalue weighted by Crippen LogP contribution is -2.46. The first kappa shape index (κ1) is 22.2. The highest BCUT2D eigenvalue weighted by molar-refractivity contribution is 5.86. The van der Waals surface area contributed by atoms with Crippen molar-refractivity contribution in [1.82, 2.24) is 20.5 Å². The summed E-state index contributed by atoms with van der Waals surface area (Å²) in [4.78, 5) is 22.5. The second-order valence-electron chi connectivity index (χ2n) is 6.94. The number of pyridine rings is 1. The minimum Gasteiger partial charge on any atom is -0.489 e. The molecule has 29 heavy (non-hydrogen) atoms. The van der Waals surface area contributed by atoms with Crippen LogP contribution in [0.5, 0.6) is 5.75 Å². The van der Waals surface area contributed by atoms with Crippen molar-refractivity contribution in [1.29, 1.82) is 0 Å². The van der Waals surface area contributed by atoms with Crippen LogP contribution in [-0.4, -0.2) is 61.6 Å². The first-order valence-corrected chi connectivity index (χ1v) is 9.79. The van der Waals surface area contributed by atoms with Crippen LogP contribution >= 0.6 is 0 Å². The van der Waals surface area contributed by atoms with E-state index in [2.05, 4.69) is 20.6 Å². The van der Waals surface area contributed by atoms with E-state index >= 15 is 0 Å². The highest BCUT2D eigenvalue weighted by Gasteiger charge is 2.11. The summed E-state index contributed by atoms with van der Waals surface area (Å²) >= 11 is 0. The zero-order chi connectivity index (χ0) is 21.1. The van der Waals surface area contributed by atoms with Gasteiger partial charge in [-0.3, -0.25) is 14.8 Å². The van der Waals surface area contributed by atoms with Gasteiger partial charge in [-0.2, -0.15) is 0 Å². The summed E-state index contributed by atoms with van der Waals surface area (Å²) in [6.07, 6.45) is 2.44. The predicted molar refractivity (Wildman–Crippen MR) is 116 cm³/mol. The van der Waals surface area contributed by atoms with Gasteiger partial charge >= 0.3 is 0 Å². The van der Waals surface area contributed by atoms with Crippen molar-refractivity contribution in [3.8, 4) is 5.75 Å². The third kappa shape index (κ3) is 8.21. The molecule has 2 aromatic rings. The molecule has 1 amide bonds. The van der Waals surface area contributed by atoms with Gasteiger partial charge in [-0.05, 0) is 43.7 Å². The molecule has 1 atom stereocenters. The molecule has 1 aromatic carbocycles. The van der Waals surface area contributed by atoms with E-state index in [1.807, 2.05) is 56.3 Å². The van der Waals surface area contributed by atoms with Gasteiger partial charge in [0.05, 0.1) is 13.1 Å². The van der Waals surface area contributed by atoms with Crippen LogP contribution in [0.3, 0.4) is 0 Å². The van der Waals surface area contributed by atoms with Gasteiger partial charge in [0.2, 0.25) is 5.91 Å². The Morgan fingerprint density at radius 3 is 2.76 bits per heavy atom. The first-order chi connectivity index (χ1) is 14.0. The number of carbonyl (C=O) groups is 1.